The van der Waals surface area contributed by atoms with Gasteiger partial charge in [-0.25, -0.2) is 0 Å². The van der Waals surface area contributed by atoms with E-state index in [-0.39, 0.29) is 18.6 Å². The Kier molecular flexibility index (Phi) is 9.86. The summed E-state index contributed by atoms with van der Waals surface area (Å²) in [7, 11) is 0. The van der Waals surface area contributed by atoms with E-state index in [4.69, 9.17) is 18.9 Å². The van der Waals surface area contributed by atoms with Crippen LogP contribution in [0.25, 0.3) is 0 Å². The molecule has 3 aliphatic rings. The van der Waals surface area contributed by atoms with Crippen LogP contribution in [0.15, 0.2) is 0 Å². The first-order chi connectivity index (χ1) is 19.7. The van der Waals surface area contributed by atoms with Crippen LogP contribution in [0.1, 0.15) is 55.4 Å². The van der Waals surface area contributed by atoms with Crippen LogP contribution < -0.4 is 0 Å². The van der Waals surface area contributed by atoms with Gasteiger partial charge in [-0.15, -0.1) is 0 Å². The average Bonchev–Trinajstić information content (AvgIpc) is 2.91. The molecule has 2 fully saturated rings. The Morgan fingerprint density at radius 2 is 0.690 bits per heavy atom. The fourth-order valence-corrected chi connectivity index (χ4v) is 3.17. The highest BCUT2D eigenvalue weighted by atomic mass is 16.7. The third-order valence-electron chi connectivity index (χ3n) is 5.72. The van der Waals surface area contributed by atoms with Gasteiger partial charge >= 0.3 is 5.79 Å². The third-order valence-corrected chi connectivity index (χ3v) is 5.72. The topological polar surface area (TPSA) is 36.9 Å². The quantitative estimate of drug-likeness (QED) is 0.431. The summed E-state index contributed by atoms with van der Waals surface area (Å²) in [6.07, 6.45) is 0. The van der Waals surface area contributed by atoms with Gasteiger partial charge in [-0.3, -0.25) is 0 Å². The minimum atomic E-state index is -1.43. The molecule has 2 spiro atoms. The SMILES string of the molecule is CC1(C)C#CC#CC#CC2(C#CC#CC(C)(C)C#CC#CC#CC3(C#CC#C1)COC(C)(C)OC3)OCC(C)(C)CO2. The van der Waals surface area contributed by atoms with Crippen LogP contribution in [-0.4, -0.2) is 38.0 Å². The highest BCUT2D eigenvalue weighted by molar-refractivity contribution is 5.45. The summed E-state index contributed by atoms with van der Waals surface area (Å²) in [5.41, 5.74) is -2.36. The molecule has 2 aliphatic heterocycles. The predicted octanol–water partition coefficient (Wildman–Crippen LogP) is 3.63. The molecule has 0 bridgehead atoms. The zero-order chi connectivity index (χ0) is 30.8. The van der Waals surface area contributed by atoms with Crippen LogP contribution in [0.3, 0.4) is 0 Å². The Balaban J connectivity index is 2.01. The summed E-state index contributed by atoms with van der Waals surface area (Å²) in [6, 6.07) is 0. The largest absolute Gasteiger partial charge is 0.348 e. The minimum absolute atomic E-state index is 0.161. The summed E-state index contributed by atoms with van der Waals surface area (Å²) in [6.45, 7) is 16.6. The summed E-state index contributed by atoms with van der Waals surface area (Å²) >= 11 is 0. The van der Waals surface area contributed by atoms with Crippen molar-refractivity contribution in [3.8, 4) is 118 Å². The Morgan fingerprint density at radius 1 is 0.357 bits per heavy atom. The molecule has 2 heterocycles. The Bertz CT molecular complexity index is 1600. The number of ether oxygens (including phenoxy) is 4. The van der Waals surface area contributed by atoms with E-state index in [0.717, 1.165) is 0 Å². The van der Waals surface area contributed by atoms with Crippen LogP contribution in [-0.2, 0) is 18.9 Å². The van der Waals surface area contributed by atoms with Crippen molar-refractivity contribution in [2.45, 2.75) is 67.0 Å². The molecule has 4 heteroatoms. The van der Waals surface area contributed by atoms with Gasteiger partial charge in [0.2, 0.25) is 0 Å². The van der Waals surface area contributed by atoms with E-state index < -0.39 is 27.8 Å². The fourth-order valence-electron chi connectivity index (χ4n) is 3.17. The van der Waals surface area contributed by atoms with Gasteiger partial charge in [0.15, 0.2) is 5.79 Å². The number of hydrogen-bond acceptors (Lipinski definition) is 4. The zero-order valence-corrected chi connectivity index (χ0v) is 25.5. The molecule has 0 aromatic heterocycles. The molecule has 0 saturated carbocycles. The molecule has 4 nitrogen and oxygen atoms in total. The van der Waals surface area contributed by atoms with E-state index in [1.807, 2.05) is 55.4 Å². The van der Waals surface area contributed by atoms with Crippen LogP contribution in [0.2, 0.25) is 0 Å². The van der Waals surface area contributed by atoms with Gasteiger partial charge in [0, 0.05) is 5.41 Å². The molecule has 0 unspecified atom stereocenters. The summed E-state index contributed by atoms with van der Waals surface area (Å²) < 4.78 is 23.5. The molecule has 0 N–H and O–H groups in total. The third kappa shape index (κ3) is 10.4. The van der Waals surface area contributed by atoms with Crippen LogP contribution in [0.4, 0.5) is 0 Å². The summed E-state index contributed by atoms with van der Waals surface area (Å²) in [5.74, 6) is 55.7. The van der Waals surface area contributed by atoms with Gasteiger partial charge in [0.1, 0.15) is 5.41 Å². The van der Waals surface area contributed by atoms with Gasteiger partial charge in [-0.2, -0.15) is 0 Å². The van der Waals surface area contributed by atoms with Crippen molar-refractivity contribution in [2.75, 3.05) is 26.4 Å². The molecular weight excluding hydrogens is 520 g/mol. The average molecular weight is 553 g/mol. The second-order valence-electron chi connectivity index (χ2n) is 12.2. The molecule has 0 aromatic carbocycles. The Morgan fingerprint density at radius 3 is 1.14 bits per heavy atom. The standard InChI is InChI=1S/C38H32O4/c1-33(2)22-14-10-12-16-27-38(41-29-35(5,6)30-42-38)28-20-18-24-34(3,4)21-13-9-11-15-25-37(26-19-17-23-33)31-39-36(7,8)40-32-37/h29-32H2,1-8H3. The molecule has 0 amide bonds. The zero-order valence-electron chi connectivity index (χ0n) is 25.5. The second kappa shape index (κ2) is 13.0. The maximum absolute atomic E-state index is 5.93. The van der Waals surface area contributed by atoms with E-state index in [1.165, 1.54) is 0 Å². The lowest BCUT2D eigenvalue weighted by molar-refractivity contribution is -0.265. The van der Waals surface area contributed by atoms with Crippen molar-refractivity contribution in [2.24, 2.45) is 21.7 Å². The highest BCUT2D eigenvalue weighted by Gasteiger charge is 2.39. The highest BCUT2D eigenvalue weighted by Crippen LogP contribution is 2.29. The monoisotopic (exact) mass is 552 g/mol. The van der Waals surface area contributed by atoms with Crippen molar-refractivity contribution >= 4 is 0 Å². The van der Waals surface area contributed by atoms with Gasteiger partial charge in [-0.1, -0.05) is 49.4 Å². The minimum Gasteiger partial charge on any atom is -0.348 e. The first-order valence-corrected chi connectivity index (χ1v) is 13.4. The van der Waals surface area contributed by atoms with E-state index in [2.05, 4.69) is 118 Å². The first-order valence-electron chi connectivity index (χ1n) is 13.4. The van der Waals surface area contributed by atoms with Crippen LogP contribution in [0.5, 0.6) is 0 Å². The van der Waals surface area contributed by atoms with Crippen molar-refractivity contribution in [3.63, 3.8) is 0 Å². The first kappa shape index (κ1) is 32.0. The van der Waals surface area contributed by atoms with Crippen molar-refractivity contribution < 1.29 is 18.9 Å². The predicted molar refractivity (Wildman–Crippen MR) is 162 cm³/mol. The van der Waals surface area contributed by atoms with Gasteiger partial charge in [0.05, 0.1) is 37.3 Å². The molecule has 42 heavy (non-hydrogen) atoms. The number of rotatable bonds is 0. The van der Waals surface area contributed by atoms with Crippen molar-refractivity contribution in [3.05, 3.63) is 0 Å². The van der Waals surface area contributed by atoms with E-state index in [0.29, 0.717) is 13.2 Å². The van der Waals surface area contributed by atoms with Gasteiger partial charge in [0.25, 0.3) is 0 Å². The molecule has 3 rings (SSSR count). The summed E-state index contributed by atoms with van der Waals surface area (Å²) in [4.78, 5) is 0. The van der Waals surface area contributed by atoms with E-state index >= 15 is 0 Å². The van der Waals surface area contributed by atoms with Crippen LogP contribution in [0, 0.1) is 140 Å². The lowest BCUT2D eigenvalue weighted by Gasteiger charge is -2.37. The maximum atomic E-state index is 5.93. The Labute approximate surface area is 252 Å². The van der Waals surface area contributed by atoms with Crippen molar-refractivity contribution in [1.82, 2.24) is 0 Å². The van der Waals surface area contributed by atoms with E-state index in [9.17, 15) is 0 Å². The smallest absolute Gasteiger partial charge is 0.302 e. The van der Waals surface area contributed by atoms with Gasteiger partial charge < -0.3 is 18.9 Å². The molecule has 0 radical (unpaired) electrons. The van der Waals surface area contributed by atoms with E-state index in [1.54, 1.807) is 0 Å². The van der Waals surface area contributed by atoms with Gasteiger partial charge in [-0.05, 0) is 124 Å². The molecular formula is C38H32O4. The molecule has 0 aromatic rings. The normalized spacial score (nSPS) is 22.7. The molecule has 2 saturated heterocycles. The fraction of sp³-hybridized carbons (Fsp3) is 0.474. The molecule has 1 aliphatic carbocycles. The Hall–Kier alpha value is -4.56. The van der Waals surface area contributed by atoms with Crippen molar-refractivity contribution in [1.29, 1.82) is 0 Å². The second-order valence-corrected chi connectivity index (χ2v) is 12.2. The maximum Gasteiger partial charge on any atom is 0.302 e. The molecule has 0 atom stereocenters. The summed E-state index contributed by atoms with van der Waals surface area (Å²) in [5, 5.41) is 0. The number of hydrogen-bond donors (Lipinski definition) is 0. The van der Waals surface area contributed by atoms with Crippen LogP contribution >= 0.6 is 0 Å². The lowest BCUT2D eigenvalue weighted by Crippen LogP contribution is -2.45. The molecule has 208 valence electrons. The lowest BCUT2D eigenvalue weighted by atomic mass is 9.90.